The van der Waals surface area contributed by atoms with E-state index in [0.717, 1.165) is 0 Å². The number of aromatic hydroxyl groups is 1. The van der Waals surface area contributed by atoms with Crippen LogP contribution in [-0.2, 0) is 0 Å². The summed E-state index contributed by atoms with van der Waals surface area (Å²) in [5, 5.41) is 13.3. The predicted octanol–water partition coefficient (Wildman–Crippen LogP) is 1.46. The molecule has 5 nitrogen and oxygen atoms in total. The zero-order chi connectivity index (χ0) is 10.8. The number of rotatable bonds is 2. The Morgan fingerprint density at radius 2 is 2.13 bits per heavy atom. The second-order valence-electron chi connectivity index (χ2n) is 3.26. The van der Waals surface area contributed by atoms with Gasteiger partial charge in [-0.15, -0.1) is 0 Å². The molecule has 1 unspecified atom stereocenters. The normalized spacial score (nSPS) is 12.7. The van der Waals surface area contributed by atoms with Gasteiger partial charge in [-0.3, -0.25) is 0 Å². The van der Waals surface area contributed by atoms with Gasteiger partial charge >= 0.3 is 0 Å². The van der Waals surface area contributed by atoms with Crippen molar-refractivity contribution in [3.63, 3.8) is 0 Å². The minimum Gasteiger partial charge on any atom is -0.507 e. The SMILES string of the molecule is CC(N)c1noc(-c2ccccc2O)n1. The molecule has 3 N–H and O–H groups in total. The minimum absolute atomic E-state index is 0.109. The molecule has 0 amide bonds. The van der Waals surface area contributed by atoms with Crippen molar-refractivity contribution in [3.05, 3.63) is 30.1 Å². The van der Waals surface area contributed by atoms with E-state index in [2.05, 4.69) is 10.1 Å². The quantitative estimate of drug-likeness (QED) is 0.775. The summed E-state index contributed by atoms with van der Waals surface area (Å²) >= 11 is 0. The van der Waals surface area contributed by atoms with Crippen molar-refractivity contribution < 1.29 is 9.63 Å². The van der Waals surface area contributed by atoms with Crippen LogP contribution in [0.15, 0.2) is 28.8 Å². The summed E-state index contributed by atoms with van der Waals surface area (Å²) in [6.07, 6.45) is 0. The van der Waals surface area contributed by atoms with E-state index < -0.39 is 0 Å². The molecule has 15 heavy (non-hydrogen) atoms. The van der Waals surface area contributed by atoms with Crippen molar-refractivity contribution in [2.45, 2.75) is 13.0 Å². The van der Waals surface area contributed by atoms with Crippen LogP contribution in [0.2, 0.25) is 0 Å². The molecule has 1 aromatic heterocycles. The van der Waals surface area contributed by atoms with Gasteiger partial charge < -0.3 is 15.4 Å². The monoisotopic (exact) mass is 205 g/mol. The fraction of sp³-hybridized carbons (Fsp3) is 0.200. The molecule has 0 aliphatic rings. The Morgan fingerprint density at radius 1 is 1.40 bits per heavy atom. The highest BCUT2D eigenvalue weighted by Gasteiger charge is 2.13. The first kappa shape index (κ1) is 9.67. The van der Waals surface area contributed by atoms with E-state index in [1.807, 2.05) is 0 Å². The van der Waals surface area contributed by atoms with Crippen molar-refractivity contribution in [1.82, 2.24) is 10.1 Å². The number of benzene rings is 1. The second kappa shape index (κ2) is 3.70. The fourth-order valence-corrected chi connectivity index (χ4v) is 1.18. The van der Waals surface area contributed by atoms with E-state index >= 15 is 0 Å². The van der Waals surface area contributed by atoms with E-state index in [-0.39, 0.29) is 17.7 Å². The van der Waals surface area contributed by atoms with Crippen LogP contribution in [-0.4, -0.2) is 15.2 Å². The standard InChI is InChI=1S/C10H11N3O2/c1-6(11)9-12-10(15-13-9)7-4-2-3-5-8(7)14/h2-6,14H,11H2,1H3. The molecule has 0 fully saturated rings. The molecule has 0 aliphatic carbocycles. The van der Waals surface area contributed by atoms with Crippen molar-refractivity contribution in [1.29, 1.82) is 0 Å². The summed E-state index contributed by atoms with van der Waals surface area (Å²) in [6.45, 7) is 1.76. The van der Waals surface area contributed by atoms with E-state index in [0.29, 0.717) is 11.4 Å². The third-order valence-corrected chi connectivity index (χ3v) is 1.98. The molecule has 1 heterocycles. The van der Waals surface area contributed by atoms with E-state index in [4.69, 9.17) is 10.3 Å². The molecule has 2 rings (SSSR count). The molecule has 0 saturated heterocycles. The van der Waals surface area contributed by atoms with Crippen LogP contribution in [0.3, 0.4) is 0 Å². The topological polar surface area (TPSA) is 85.2 Å². The van der Waals surface area contributed by atoms with E-state index in [1.165, 1.54) is 0 Å². The average molecular weight is 205 g/mol. The summed E-state index contributed by atoms with van der Waals surface area (Å²) in [5.74, 6) is 0.811. The van der Waals surface area contributed by atoms with Gasteiger partial charge in [-0.25, -0.2) is 0 Å². The summed E-state index contributed by atoms with van der Waals surface area (Å²) in [4.78, 5) is 4.08. The third-order valence-electron chi connectivity index (χ3n) is 1.98. The van der Waals surface area contributed by atoms with Crippen LogP contribution in [0.25, 0.3) is 11.5 Å². The summed E-state index contributed by atoms with van der Waals surface area (Å²) < 4.78 is 4.99. The minimum atomic E-state index is -0.284. The van der Waals surface area contributed by atoms with Gasteiger partial charge in [0.15, 0.2) is 5.82 Å². The first-order valence-corrected chi connectivity index (χ1v) is 4.56. The molecule has 0 aliphatic heterocycles. The molecule has 1 aromatic carbocycles. The Labute approximate surface area is 86.5 Å². The predicted molar refractivity (Wildman–Crippen MR) is 54.0 cm³/mol. The largest absolute Gasteiger partial charge is 0.507 e. The molecule has 0 radical (unpaired) electrons. The average Bonchev–Trinajstić information content (AvgIpc) is 2.67. The van der Waals surface area contributed by atoms with Gasteiger partial charge in [0.05, 0.1) is 11.6 Å². The van der Waals surface area contributed by atoms with Gasteiger partial charge in [0.1, 0.15) is 5.75 Å². The zero-order valence-electron chi connectivity index (χ0n) is 8.21. The van der Waals surface area contributed by atoms with Crippen LogP contribution in [0.1, 0.15) is 18.8 Å². The Bertz CT molecular complexity index is 465. The maximum Gasteiger partial charge on any atom is 0.261 e. The maximum atomic E-state index is 9.55. The van der Waals surface area contributed by atoms with Crippen LogP contribution in [0.5, 0.6) is 5.75 Å². The molecule has 0 saturated carbocycles. The van der Waals surface area contributed by atoms with Gasteiger partial charge in [0.25, 0.3) is 5.89 Å². The number of aromatic nitrogens is 2. The van der Waals surface area contributed by atoms with Gasteiger partial charge in [-0.05, 0) is 19.1 Å². The van der Waals surface area contributed by atoms with Gasteiger partial charge in [0, 0.05) is 0 Å². The lowest BCUT2D eigenvalue weighted by molar-refractivity contribution is 0.413. The molecule has 78 valence electrons. The lowest BCUT2D eigenvalue weighted by atomic mass is 10.2. The summed E-state index contributed by atoms with van der Waals surface area (Å²) in [5.41, 5.74) is 6.11. The first-order chi connectivity index (χ1) is 7.18. The maximum absolute atomic E-state index is 9.55. The molecule has 0 bridgehead atoms. The molecular weight excluding hydrogens is 194 g/mol. The molecule has 2 aromatic rings. The summed E-state index contributed by atoms with van der Waals surface area (Å²) in [6, 6.07) is 6.49. The lowest BCUT2D eigenvalue weighted by Crippen LogP contribution is -2.06. The highest BCUT2D eigenvalue weighted by Crippen LogP contribution is 2.27. The van der Waals surface area contributed by atoms with Gasteiger partial charge in [-0.2, -0.15) is 4.98 Å². The molecular formula is C10H11N3O2. The van der Waals surface area contributed by atoms with Gasteiger partial charge in [0.2, 0.25) is 0 Å². The van der Waals surface area contributed by atoms with E-state index in [1.54, 1.807) is 31.2 Å². The smallest absolute Gasteiger partial charge is 0.261 e. The Morgan fingerprint density at radius 3 is 2.73 bits per heavy atom. The molecule has 1 atom stereocenters. The Kier molecular flexibility index (Phi) is 2.39. The van der Waals surface area contributed by atoms with E-state index in [9.17, 15) is 5.11 Å². The third kappa shape index (κ3) is 1.82. The van der Waals surface area contributed by atoms with Crippen molar-refractivity contribution in [3.8, 4) is 17.2 Å². The molecule has 0 spiro atoms. The number of para-hydroxylation sites is 1. The van der Waals surface area contributed by atoms with Crippen LogP contribution in [0, 0.1) is 0 Å². The fourth-order valence-electron chi connectivity index (χ4n) is 1.18. The first-order valence-electron chi connectivity index (χ1n) is 4.56. The van der Waals surface area contributed by atoms with Gasteiger partial charge in [-0.1, -0.05) is 17.3 Å². The number of phenolic OH excluding ortho intramolecular Hbond substituents is 1. The van der Waals surface area contributed by atoms with Crippen LogP contribution in [0.4, 0.5) is 0 Å². The number of phenols is 1. The second-order valence-corrected chi connectivity index (χ2v) is 3.26. The van der Waals surface area contributed by atoms with Crippen LogP contribution >= 0.6 is 0 Å². The number of hydrogen-bond donors (Lipinski definition) is 2. The van der Waals surface area contributed by atoms with Crippen molar-refractivity contribution >= 4 is 0 Å². The van der Waals surface area contributed by atoms with Crippen molar-refractivity contribution in [2.75, 3.05) is 0 Å². The molecule has 5 heteroatoms. The Balaban J connectivity index is 2.42. The number of nitrogens with two attached hydrogens (primary N) is 1. The van der Waals surface area contributed by atoms with Crippen LogP contribution < -0.4 is 5.73 Å². The summed E-state index contributed by atoms with van der Waals surface area (Å²) in [7, 11) is 0. The van der Waals surface area contributed by atoms with Crippen molar-refractivity contribution in [2.24, 2.45) is 5.73 Å². The highest BCUT2D eigenvalue weighted by atomic mass is 16.5. The lowest BCUT2D eigenvalue weighted by Gasteiger charge is -1.97. The number of nitrogens with zero attached hydrogens (tertiary/aromatic N) is 2. The highest BCUT2D eigenvalue weighted by molar-refractivity contribution is 5.61. The zero-order valence-corrected chi connectivity index (χ0v) is 8.21. The Hall–Kier alpha value is -1.88. The number of hydrogen-bond acceptors (Lipinski definition) is 5.